The standard InChI is InChI=1S/C17H20F2N4/c18-17(19)9-12-23(13-17)15-8-11-21-16(22-15)20-10-4-7-14-5-2-1-3-6-14/h1-3,5-6,8,11H,4,7,9-10,12-13H2,(H,20,21,22). The van der Waals surface area contributed by atoms with Crippen molar-refractivity contribution < 1.29 is 8.78 Å². The fourth-order valence-electron chi connectivity index (χ4n) is 2.68. The maximum absolute atomic E-state index is 13.3. The molecule has 2 heterocycles. The van der Waals surface area contributed by atoms with Crippen LogP contribution < -0.4 is 10.2 Å². The van der Waals surface area contributed by atoms with E-state index in [0.29, 0.717) is 18.3 Å². The minimum absolute atomic E-state index is 0.114. The van der Waals surface area contributed by atoms with Gasteiger partial charge < -0.3 is 10.2 Å². The molecular formula is C17H20F2N4. The van der Waals surface area contributed by atoms with Crippen molar-refractivity contribution in [1.29, 1.82) is 0 Å². The number of rotatable bonds is 6. The Balaban J connectivity index is 1.50. The second kappa shape index (κ2) is 6.89. The number of aryl methyl sites for hydroxylation is 1. The first kappa shape index (κ1) is 15.6. The number of anilines is 2. The third-order valence-corrected chi connectivity index (χ3v) is 3.90. The van der Waals surface area contributed by atoms with Crippen LogP contribution in [0.25, 0.3) is 0 Å². The average Bonchev–Trinajstić information content (AvgIpc) is 2.93. The first-order valence-corrected chi connectivity index (χ1v) is 7.86. The Labute approximate surface area is 134 Å². The number of nitrogens with one attached hydrogen (secondary N) is 1. The molecule has 1 aromatic carbocycles. The van der Waals surface area contributed by atoms with Crippen molar-refractivity contribution in [3.8, 4) is 0 Å². The lowest BCUT2D eigenvalue weighted by Crippen LogP contribution is -2.25. The minimum Gasteiger partial charge on any atom is -0.354 e. The maximum Gasteiger partial charge on any atom is 0.266 e. The average molecular weight is 318 g/mol. The number of aromatic nitrogens is 2. The van der Waals surface area contributed by atoms with E-state index in [9.17, 15) is 8.78 Å². The molecule has 0 unspecified atom stereocenters. The summed E-state index contributed by atoms with van der Waals surface area (Å²) >= 11 is 0. The van der Waals surface area contributed by atoms with E-state index >= 15 is 0 Å². The van der Waals surface area contributed by atoms with Gasteiger partial charge in [-0.25, -0.2) is 13.8 Å². The number of benzene rings is 1. The van der Waals surface area contributed by atoms with Gasteiger partial charge in [-0.2, -0.15) is 4.98 Å². The first-order chi connectivity index (χ1) is 11.1. The molecule has 122 valence electrons. The number of nitrogens with zero attached hydrogens (tertiary/aromatic N) is 3. The molecule has 0 radical (unpaired) electrons. The molecule has 1 saturated heterocycles. The van der Waals surface area contributed by atoms with Crippen LogP contribution in [0.3, 0.4) is 0 Å². The van der Waals surface area contributed by atoms with Crippen molar-refractivity contribution in [1.82, 2.24) is 9.97 Å². The highest BCUT2D eigenvalue weighted by molar-refractivity contribution is 5.44. The van der Waals surface area contributed by atoms with E-state index in [-0.39, 0.29) is 13.0 Å². The van der Waals surface area contributed by atoms with Crippen LogP contribution in [0.4, 0.5) is 20.5 Å². The van der Waals surface area contributed by atoms with E-state index in [1.54, 1.807) is 17.2 Å². The summed E-state index contributed by atoms with van der Waals surface area (Å²) < 4.78 is 26.6. The Morgan fingerprint density at radius 3 is 2.74 bits per heavy atom. The Hall–Kier alpha value is -2.24. The van der Waals surface area contributed by atoms with Crippen molar-refractivity contribution in [2.24, 2.45) is 0 Å². The van der Waals surface area contributed by atoms with Crippen LogP contribution in [0.5, 0.6) is 0 Å². The predicted octanol–water partition coefficient (Wildman–Crippen LogP) is 3.37. The highest BCUT2D eigenvalue weighted by Crippen LogP contribution is 2.29. The van der Waals surface area contributed by atoms with Crippen molar-refractivity contribution in [3.05, 3.63) is 48.2 Å². The van der Waals surface area contributed by atoms with E-state index in [1.165, 1.54) is 5.56 Å². The monoisotopic (exact) mass is 318 g/mol. The van der Waals surface area contributed by atoms with E-state index in [0.717, 1.165) is 19.4 Å². The highest BCUT2D eigenvalue weighted by atomic mass is 19.3. The van der Waals surface area contributed by atoms with Gasteiger partial charge in [0, 0.05) is 25.7 Å². The molecule has 2 aromatic rings. The first-order valence-electron chi connectivity index (χ1n) is 7.86. The van der Waals surface area contributed by atoms with Gasteiger partial charge in [0.1, 0.15) is 5.82 Å². The van der Waals surface area contributed by atoms with Gasteiger partial charge in [-0.05, 0) is 24.5 Å². The summed E-state index contributed by atoms with van der Waals surface area (Å²) in [4.78, 5) is 10.1. The third-order valence-electron chi connectivity index (χ3n) is 3.90. The summed E-state index contributed by atoms with van der Waals surface area (Å²) in [5, 5.41) is 3.16. The molecule has 4 nitrogen and oxygen atoms in total. The maximum atomic E-state index is 13.3. The summed E-state index contributed by atoms with van der Waals surface area (Å²) in [6, 6.07) is 11.9. The summed E-state index contributed by atoms with van der Waals surface area (Å²) in [5.41, 5.74) is 1.29. The van der Waals surface area contributed by atoms with Crippen LogP contribution in [0.1, 0.15) is 18.4 Å². The molecule has 1 fully saturated rings. The number of halogens is 2. The molecule has 0 spiro atoms. The Morgan fingerprint density at radius 2 is 2.00 bits per heavy atom. The summed E-state index contributed by atoms with van der Waals surface area (Å²) in [5.74, 6) is -1.57. The molecule has 3 rings (SSSR count). The van der Waals surface area contributed by atoms with Crippen molar-refractivity contribution in [2.45, 2.75) is 25.2 Å². The van der Waals surface area contributed by atoms with E-state index in [2.05, 4.69) is 27.4 Å². The number of hydrogen-bond acceptors (Lipinski definition) is 4. The zero-order valence-electron chi connectivity index (χ0n) is 12.9. The molecule has 23 heavy (non-hydrogen) atoms. The fourth-order valence-corrected chi connectivity index (χ4v) is 2.68. The van der Waals surface area contributed by atoms with Gasteiger partial charge >= 0.3 is 0 Å². The van der Waals surface area contributed by atoms with Crippen LogP contribution in [-0.4, -0.2) is 35.5 Å². The molecule has 6 heteroatoms. The molecular weight excluding hydrogens is 298 g/mol. The van der Waals surface area contributed by atoms with E-state index in [1.807, 2.05) is 18.2 Å². The summed E-state index contributed by atoms with van der Waals surface area (Å²) in [7, 11) is 0. The van der Waals surface area contributed by atoms with Crippen LogP contribution in [0.15, 0.2) is 42.6 Å². The van der Waals surface area contributed by atoms with Crippen molar-refractivity contribution in [3.63, 3.8) is 0 Å². The molecule has 1 aliphatic rings. The fraction of sp³-hybridized carbons (Fsp3) is 0.412. The zero-order chi connectivity index (χ0) is 16.1. The number of alkyl halides is 2. The molecule has 0 saturated carbocycles. The van der Waals surface area contributed by atoms with Gasteiger partial charge in [-0.1, -0.05) is 30.3 Å². The van der Waals surface area contributed by atoms with Gasteiger partial charge in [0.05, 0.1) is 6.54 Å². The third kappa shape index (κ3) is 4.37. The van der Waals surface area contributed by atoms with Gasteiger partial charge in [0.2, 0.25) is 5.95 Å². The largest absolute Gasteiger partial charge is 0.354 e. The van der Waals surface area contributed by atoms with Gasteiger partial charge in [-0.3, -0.25) is 0 Å². The predicted molar refractivity (Wildman–Crippen MR) is 87.1 cm³/mol. The second-order valence-electron chi connectivity index (χ2n) is 5.78. The van der Waals surface area contributed by atoms with Crippen LogP contribution in [-0.2, 0) is 6.42 Å². The highest BCUT2D eigenvalue weighted by Gasteiger charge is 2.38. The van der Waals surface area contributed by atoms with E-state index in [4.69, 9.17) is 0 Å². The smallest absolute Gasteiger partial charge is 0.266 e. The van der Waals surface area contributed by atoms with Crippen LogP contribution >= 0.6 is 0 Å². The quantitative estimate of drug-likeness (QED) is 0.829. The van der Waals surface area contributed by atoms with Gasteiger partial charge in [-0.15, -0.1) is 0 Å². The minimum atomic E-state index is -2.62. The summed E-state index contributed by atoms with van der Waals surface area (Å²) in [6.45, 7) is 0.809. The van der Waals surface area contributed by atoms with Gasteiger partial charge in [0.15, 0.2) is 0 Å². The SMILES string of the molecule is FC1(F)CCN(c2ccnc(NCCCc3ccccc3)n2)C1. The van der Waals surface area contributed by atoms with Gasteiger partial charge in [0.25, 0.3) is 5.92 Å². The topological polar surface area (TPSA) is 41.1 Å². The van der Waals surface area contributed by atoms with Crippen molar-refractivity contribution in [2.75, 3.05) is 29.9 Å². The van der Waals surface area contributed by atoms with Crippen molar-refractivity contribution >= 4 is 11.8 Å². The normalized spacial score (nSPS) is 16.5. The second-order valence-corrected chi connectivity index (χ2v) is 5.78. The van der Waals surface area contributed by atoms with Crippen LogP contribution in [0, 0.1) is 0 Å². The zero-order valence-corrected chi connectivity index (χ0v) is 12.9. The number of hydrogen-bond donors (Lipinski definition) is 1. The molecule has 0 atom stereocenters. The molecule has 1 aliphatic heterocycles. The Morgan fingerprint density at radius 1 is 1.17 bits per heavy atom. The molecule has 0 amide bonds. The molecule has 1 aromatic heterocycles. The lowest BCUT2D eigenvalue weighted by Gasteiger charge is -2.17. The summed E-state index contributed by atoms with van der Waals surface area (Å²) in [6.07, 6.45) is 3.43. The Kier molecular flexibility index (Phi) is 4.69. The Bertz CT molecular complexity index is 634. The molecule has 0 bridgehead atoms. The molecule has 0 aliphatic carbocycles. The van der Waals surface area contributed by atoms with Crippen LogP contribution in [0.2, 0.25) is 0 Å². The lowest BCUT2D eigenvalue weighted by atomic mass is 10.1. The molecule has 1 N–H and O–H groups in total. The van der Waals surface area contributed by atoms with E-state index < -0.39 is 5.92 Å². The lowest BCUT2D eigenvalue weighted by molar-refractivity contribution is 0.0256.